The first kappa shape index (κ1) is 29.2. The molecule has 1 saturated heterocycles. The Morgan fingerprint density at radius 3 is 2.49 bits per heavy atom. The number of nitrogens with one attached hydrogen (secondary N) is 1. The van der Waals surface area contributed by atoms with Crippen LogP contribution < -0.4 is 5.32 Å². The van der Waals surface area contributed by atoms with Crippen LogP contribution in [0.15, 0.2) is 105 Å². The number of hydrogen-bond acceptors (Lipinski definition) is 8. The normalized spacial score (nSPS) is 24.6. The number of esters is 1. The molecule has 6 rings (SSSR count). The number of ether oxygens (including phenoxy) is 1. The minimum atomic E-state index is -0.304. The lowest BCUT2D eigenvalue weighted by Crippen LogP contribution is -2.12. The summed E-state index contributed by atoms with van der Waals surface area (Å²) in [5.74, 6) is 0.275. The van der Waals surface area contributed by atoms with Crippen molar-refractivity contribution >= 4 is 44.8 Å². The third-order valence-corrected chi connectivity index (χ3v) is 10.2. The summed E-state index contributed by atoms with van der Waals surface area (Å²) in [5, 5.41) is 14.9. The average Bonchev–Trinajstić information content (AvgIpc) is 3.73. The monoisotopic (exact) mass is 642 g/mol. The van der Waals surface area contributed by atoms with Gasteiger partial charge >= 0.3 is 5.97 Å². The van der Waals surface area contributed by atoms with Gasteiger partial charge in [-0.15, -0.1) is 0 Å². The number of hydrogen-bond donors (Lipinski definition) is 2. The van der Waals surface area contributed by atoms with Crippen molar-refractivity contribution in [1.82, 2.24) is 5.32 Å². The quantitative estimate of drug-likeness (QED) is 0.316. The van der Waals surface area contributed by atoms with E-state index in [4.69, 9.17) is 19.7 Å². The van der Waals surface area contributed by atoms with Crippen molar-refractivity contribution in [2.24, 2.45) is 26.8 Å². The highest BCUT2D eigenvalue weighted by Gasteiger charge is 2.40. The SMILES string of the molecule is CC[C@H]1C2=C(Br)C3=C(C)C4=C(O)CC(=C5N=C(C=C6N=C(C=C(N2)[C@@H]1C)C(C(C)=O)=C6C)C(C)=C5CCC(=O)OC)C4=N3. The molecular formula is C34H35BrN4O4. The summed E-state index contributed by atoms with van der Waals surface area (Å²) in [7, 11) is 1.38. The number of fused-ring (bicyclic) bond motifs is 5. The minimum Gasteiger partial charge on any atom is -0.511 e. The number of methoxy groups -OCH3 is 1. The second kappa shape index (κ2) is 10.7. The molecule has 8 bridgehead atoms. The van der Waals surface area contributed by atoms with E-state index in [1.54, 1.807) is 6.92 Å². The second-order valence-electron chi connectivity index (χ2n) is 11.8. The van der Waals surface area contributed by atoms with Crippen molar-refractivity contribution in [3.63, 3.8) is 0 Å². The molecule has 8 nitrogen and oxygen atoms in total. The van der Waals surface area contributed by atoms with E-state index in [1.807, 2.05) is 32.9 Å². The van der Waals surface area contributed by atoms with Crippen LogP contribution in [0.4, 0.5) is 0 Å². The third-order valence-electron chi connectivity index (χ3n) is 9.36. The highest BCUT2D eigenvalue weighted by Crippen LogP contribution is 2.48. The van der Waals surface area contributed by atoms with Gasteiger partial charge in [0.2, 0.25) is 0 Å². The first-order valence-electron chi connectivity index (χ1n) is 14.7. The first-order chi connectivity index (χ1) is 20.5. The number of aliphatic hydroxyl groups is 1. The molecule has 0 unspecified atom stereocenters. The van der Waals surface area contributed by atoms with E-state index in [1.165, 1.54) is 7.11 Å². The van der Waals surface area contributed by atoms with E-state index in [0.29, 0.717) is 35.5 Å². The first-order valence-corrected chi connectivity index (χ1v) is 15.5. The van der Waals surface area contributed by atoms with Gasteiger partial charge in [0.05, 0.1) is 45.8 Å². The average molecular weight is 644 g/mol. The maximum atomic E-state index is 12.9. The zero-order valence-corrected chi connectivity index (χ0v) is 27.1. The number of Topliss-reactive ketones (excluding diaryl/α,β-unsaturated/α-hetero) is 1. The van der Waals surface area contributed by atoms with Gasteiger partial charge in [-0.05, 0) is 90.9 Å². The number of aliphatic imine (C=N–C) groups is 3. The fourth-order valence-electron chi connectivity index (χ4n) is 6.95. The molecular weight excluding hydrogens is 608 g/mol. The molecule has 43 heavy (non-hydrogen) atoms. The van der Waals surface area contributed by atoms with Crippen molar-refractivity contribution in [1.29, 1.82) is 0 Å². The molecule has 0 aromatic carbocycles. The lowest BCUT2D eigenvalue weighted by molar-refractivity contribution is -0.140. The summed E-state index contributed by atoms with van der Waals surface area (Å²) in [6, 6.07) is 0. The minimum absolute atomic E-state index is 0.0421. The maximum Gasteiger partial charge on any atom is 0.305 e. The highest BCUT2D eigenvalue weighted by atomic mass is 79.9. The van der Waals surface area contributed by atoms with Crippen molar-refractivity contribution in [3.8, 4) is 0 Å². The molecule has 0 radical (unpaired) electrons. The van der Waals surface area contributed by atoms with E-state index in [9.17, 15) is 14.7 Å². The Kier molecular flexibility index (Phi) is 7.27. The molecule has 0 amide bonds. The smallest absolute Gasteiger partial charge is 0.305 e. The lowest BCUT2D eigenvalue weighted by Gasteiger charge is -2.15. The number of halogens is 1. The Morgan fingerprint density at radius 2 is 1.81 bits per heavy atom. The maximum absolute atomic E-state index is 12.9. The van der Waals surface area contributed by atoms with E-state index in [2.05, 4.69) is 35.1 Å². The summed E-state index contributed by atoms with van der Waals surface area (Å²) >= 11 is 3.90. The Labute approximate surface area is 260 Å². The molecule has 6 aliphatic rings. The summed E-state index contributed by atoms with van der Waals surface area (Å²) in [5.41, 5.74) is 12.0. The molecule has 222 valence electrons. The van der Waals surface area contributed by atoms with Gasteiger partial charge in [0, 0.05) is 52.8 Å². The predicted molar refractivity (Wildman–Crippen MR) is 172 cm³/mol. The molecule has 1 fully saturated rings. The fraction of sp³-hybridized carbons (Fsp3) is 0.382. The van der Waals surface area contributed by atoms with Crippen LogP contribution >= 0.6 is 15.9 Å². The van der Waals surface area contributed by atoms with E-state index in [0.717, 1.165) is 72.8 Å². The number of carbonyl (C=O) groups is 2. The second-order valence-corrected chi connectivity index (χ2v) is 12.6. The van der Waals surface area contributed by atoms with Crippen LogP contribution in [0.2, 0.25) is 0 Å². The van der Waals surface area contributed by atoms with E-state index in [-0.39, 0.29) is 35.8 Å². The molecule has 2 N–H and O–H groups in total. The van der Waals surface area contributed by atoms with E-state index < -0.39 is 0 Å². The molecule has 9 heteroatoms. The van der Waals surface area contributed by atoms with Crippen LogP contribution in [-0.4, -0.2) is 41.1 Å². The molecule has 5 aliphatic heterocycles. The Hall–Kier alpha value is -3.85. The number of nitrogens with zero attached hydrogens (tertiary/aromatic N) is 3. The Balaban J connectivity index is 1.64. The topological polar surface area (TPSA) is 113 Å². The summed E-state index contributed by atoms with van der Waals surface area (Å²) in [4.78, 5) is 40.3. The molecule has 0 aromatic rings. The van der Waals surface area contributed by atoms with Crippen molar-refractivity contribution in [2.45, 2.75) is 67.2 Å². The van der Waals surface area contributed by atoms with Crippen molar-refractivity contribution in [3.05, 3.63) is 89.9 Å². The third kappa shape index (κ3) is 4.51. The molecule has 2 atom stereocenters. The Morgan fingerprint density at radius 1 is 1.07 bits per heavy atom. The van der Waals surface area contributed by atoms with Crippen LogP contribution in [0.1, 0.15) is 67.2 Å². The predicted octanol–water partition coefficient (Wildman–Crippen LogP) is 6.92. The fourth-order valence-corrected chi connectivity index (χ4v) is 7.73. The van der Waals surface area contributed by atoms with Gasteiger partial charge in [-0.3, -0.25) is 9.59 Å². The number of carbonyl (C=O) groups excluding carboxylic acids is 2. The molecule has 1 aliphatic carbocycles. The van der Waals surface area contributed by atoms with Crippen LogP contribution in [-0.2, 0) is 14.3 Å². The van der Waals surface area contributed by atoms with Crippen LogP contribution in [0.25, 0.3) is 0 Å². The van der Waals surface area contributed by atoms with Gasteiger partial charge in [-0.25, -0.2) is 15.0 Å². The van der Waals surface area contributed by atoms with Crippen molar-refractivity contribution in [2.75, 3.05) is 7.11 Å². The lowest BCUT2D eigenvalue weighted by atomic mass is 9.89. The number of rotatable bonds is 5. The largest absolute Gasteiger partial charge is 0.511 e. The summed E-state index contributed by atoms with van der Waals surface area (Å²) in [6.07, 6.45) is 5.76. The van der Waals surface area contributed by atoms with Crippen LogP contribution in [0, 0.1) is 11.8 Å². The summed E-state index contributed by atoms with van der Waals surface area (Å²) < 4.78 is 5.79. The van der Waals surface area contributed by atoms with Crippen LogP contribution in [0.3, 0.4) is 0 Å². The number of ketones is 1. The standard InChI is InChI=1S/C34H35BrN4O4/c1-8-19-14(2)23-13-25-28(18(6)40)16(4)24(36-25)12-22-15(3)20(9-10-27(42)43-7)32(37-22)21-11-26(41)29-17(5)31(39-33(21)29)30(35)34(19)38-23/h12-14,19,38,41H,8-11H2,1-7H3/t14-,19-/m1/s1. The molecule has 0 saturated carbocycles. The van der Waals surface area contributed by atoms with Gasteiger partial charge in [0.1, 0.15) is 5.76 Å². The highest BCUT2D eigenvalue weighted by molar-refractivity contribution is 9.12. The van der Waals surface area contributed by atoms with E-state index >= 15 is 0 Å². The number of allylic oxidation sites excluding steroid dienone is 12. The van der Waals surface area contributed by atoms with Gasteiger partial charge in [-0.1, -0.05) is 13.8 Å². The zero-order valence-electron chi connectivity index (χ0n) is 25.5. The van der Waals surface area contributed by atoms with Gasteiger partial charge < -0.3 is 15.2 Å². The molecule has 5 heterocycles. The molecule has 0 aromatic heterocycles. The van der Waals surface area contributed by atoms with Crippen molar-refractivity contribution < 1.29 is 19.4 Å². The zero-order chi connectivity index (χ0) is 30.9. The van der Waals surface area contributed by atoms with Gasteiger partial charge in [0.25, 0.3) is 0 Å². The summed E-state index contributed by atoms with van der Waals surface area (Å²) in [6.45, 7) is 11.8. The molecule has 0 spiro atoms. The number of aliphatic hydroxyl groups excluding tert-OH is 1. The van der Waals surface area contributed by atoms with Crippen LogP contribution in [0.5, 0.6) is 0 Å². The van der Waals surface area contributed by atoms with Gasteiger partial charge in [0.15, 0.2) is 5.78 Å². The Bertz CT molecular complexity index is 1780. The van der Waals surface area contributed by atoms with Gasteiger partial charge in [-0.2, -0.15) is 0 Å².